The minimum atomic E-state index is -3.44. The minimum absolute atomic E-state index is 0.0920. The van der Waals surface area contributed by atoms with Crippen molar-refractivity contribution >= 4 is 33.3 Å². The van der Waals surface area contributed by atoms with Crippen molar-refractivity contribution in [1.82, 2.24) is 19.4 Å². The Balaban J connectivity index is 1.62. The second-order valence-electron chi connectivity index (χ2n) is 9.68. The van der Waals surface area contributed by atoms with E-state index in [9.17, 15) is 18.0 Å². The molecule has 184 valence electrons. The average molecular weight is 490 g/mol. The number of carbonyl (C=O) groups excluding carboxylic acids is 2. The Bertz CT molecular complexity index is 1230. The van der Waals surface area contributed by atoms with Gasteiger partial charge in [-0.05, 0) is 25.2 Å². The van der Waals surface area contributed by atoms with Crippen LogP contribution in [0.1, 0.15) is 45.8 Å². The van der Waals surface area contributed by atoms with Crippen LogP contribution in [0.2, 0.25) is 0 Å². The molecule has 0 bridgehead atoms. The first kappa shape index (κ1) is 24.2. The molecular weight excluding hydrogens is 458 g/mol. The zero-order valence-corrected chi connectivity index (χ0v) is 20.7. The molecule has 34 heavy (non-hydrogen) atoms. The van der Waals surface area contributed by atoms with Gasteiger partial charge in [0.05, 0.1) is 17.4 Å². The molecule has 4 N–H and O–H groups in total. The number of benzene rings is 1. The lowest BCUT2D eigenvalue weighted by atomic mass is 9.84. The van der Waals surface area contributed by atoms with Crippen LogP contribution >= 0.6 is 0 Å². The van der Waals surface area contributed by atoms with Crippen LogP contribution in [0.15, 0.2) is 18.2 Å². The number of aromatic nitrogens is 2. The number of aromatic amines is 1. The van der Waals surface area contributed by atoms with E-state index in [1.165, 1.54) is 4.31 Å². The molecule has 0 unspecified atom stereocenters. The third-order valence-electron chi connectivity index (χ3n) is 6.53. The zero-order valence-electron chi connectivity index (χ0n) is 19.9. The quantitative estimate of drug-likeness (QED) is 0.557. The molecule has 1 aromatic carbocycles. The van der Waals surface area contributed by atoms with Crippen molar-refractivity contribution in [2.45, 2.75) is 25.8 Å². The molecule has 2 amide bonds. The van der Waals surface area contributed by atoms with Gasteiger partial charge >= 0.3 is 0 Å². The maximum atomic E-state index is 13.2. The van der Waals surface area contributed by atoms with E-state index in [0.717, 1.165) is 43.8 Å². The number of amides is 2. The summed E-state index contributed by atoms with van der Waals surface area (Å²) < 4.78 is 25.8. The summed E-state index contributed by atoms with van der Waals surface area (Å²) in [5.74, 6) is -1.00. The number of piperazine rings is 1. The molecule has 12 heteroatoms. The predicted molar refractivity (Wildman–Crippen MR) is 129 cm³/mol. The third-order valence-corrected chi connectivity index (χ3v) is 7.73. The van der Waals surface area contributed by atoms with E-state index in [0.29, 0.717) is 12.1 Å². The number of primary amides is 1. The van der Waals surface area contributed by atoms with Gasteiger partial charge in [0.2, 0.25) is 15.9 Å². The zero-order chi connectivity index (χ0) is 24.8. The Labute approximate surface area is 199 Å². The summed E-state index contributed by atoms with van der Waals surface area (Å²) in [4.78, 5) is 29.8. The fourth-order valence-electron chi connectivity index (χ4n) is 4.54. The lowest BCUT2D eigenvalue weighted by molar-refractivity contribution is 0.0977. The molecular formula is C22H31N7O4S. The molecule has 4 rings (SSSR count). The van der Waals surface area contributed by atoms with Gasteiger partial charge in [0.1, 0.15) is 0 Å². The van der Waals surface area contributed by atoms with Crippen molar-refractivity contribution in [3.05, 3.63) is 40.6 Å². The largest absolute Gasteiger partial charge is 0.369 e. The average Bonchev–Trinajstić information content (AvgIpc) is 3.16. The third kappa shape index (κ3) is 4.65. The van der Waals surface area contributed by atoms with Gasteiger partial charge in [0, 0.05) is 61.6 Å². The van der Waals surface area contributed by atoms with Gasteiger partial charge in [-0.1, -0.05) is 13.8 Å². The number of nitrogens with two attached hydrogens (primary N) is 1. The molecule has 0 aliphatic carbocycles. The van der Waals surface area contributed by atoms with Crippen LogP contribution in [-0.2, 0) is 22.0 Å². The van der Waals surface area contributed by atoms with Crippen molar-refractivity contribution in [1.29, 1.82) is 0 Å². The number of carbonyl (C=O) groups is 2. The molecule has 11 nitrogen and oxygen atoms in total. The number of nitrogens with zero attached hydrogens (tertiary/aromatic N) is 4. The standard InChI is InChI=1S/C22H31N7O4S/c1-22(2)13-29(34(4,32)33)12-17-18(22)25-26-20(17)24-21(31)15-6-5-14(11-16(15)19(23)30)28-9-7-27(3)8-10-28/h5-6,11H,7-10,12-13H2,1-4H3,(H2,23,30)(H2,24,25,26,31). The van der Waals surface area contributed by atoms with Gasteiger partial charge in [-0.15, -0.1) is 0 Å². The molecule has 0 saturated carbocycles. The monoisotopic (exact) mass is 489 g/mol. The number of nitrogens with one attached hydrogen (secondary N) is 2. The molecule has 0 atom stereocenters. The van der Waals surface area contributed by atoms with E-state index < -0.39 is 27.3 Å². The summed E-state index contributed by atoms with van der Waals surface area (Å²) in [7, 11) is -1.38. The van der Waals surface area contributed by atoms with Crippen LogP contribution in [0.25, 0.3) is 0 Å². The summed E-state index contributed by atoms with van der Waals surface area (Å²) in [6.45, 7) is 7.64. The fourth-order valence-corrected chi connectivity index (χ4v) is 5.46. The van der Waals surface area contributed by atoms with Crippen molar-refractivity contribution in [2.24, 2.45) is 5.73 Å². The second kappa shape index (κ2) is 8.67. The van der Waals surface area contributed by atoms with E-state index >= 15 is 0 Å². The molecule has 1 saturated heterocycles. The first-order valence-corrected chi connectivity index (χ1v) is 12.9. The maximum absolute atomic E-state index is 13.2. The molecule has 3 heterocycles. The summed E-state index contributed by atoms with van der Waals surface area (Å²) in [5.41, 5.74) is 7.56. The highest BCUT2D eigenvalue weighted by atomic mass is 32.2. The lowest BCUT2D eigenvalue weighted by Gasteiger charge is -2.36. The van der Waals surface area contributed by atoms with Crippen molar-refractivity contribution in [3.63, 3.8) is 0 Å². The van der Waals surface area contributed by atoms with Crippen molar-refractivity contribution in [2.75, 3.05) is 56.2 Å². The van der Waals surface area contributed by atoms with Gasteiger partial charge < -0.3 is 20.9 Å². The molecule has 0 radical (unpaired) electrons. The first-order valence-electron chi connectivity index (χ1n) is 11.1. The Hall–Kier alpha value is -2.96. The van der Waals surface area contributed by atoms with E-state index in [1.54, 1.807) is 18.2 Å². The molecule has 1 aromatic heterocycles. The van der Waals surface area contributed by atoms with E-state index in [1.807, 2.05) is 13.8 Å². The Morgan fingerprint density at radius 2 is 1.82 bits per heavy atom. The number of hydrogen-bond donors (Lipinski definition) is 3. The van der Waals surface area contributed by atoms with Crippen LogP contribution < -0.4 is 16.0 Å². The van der Waals surface area contributed by atoms with E-state index in [2.05, 4.69) is 32.4 Å². The normalized spacial score (nSPS) is 19.0. The van der Waals surface area contributed by atoms with Crippen LogP contribution in [0.5, 0.6) is 0 Å². The number of rotatable bonds is 5. The molecule has 1 fully saturated rings. The highest BCUT2D eigenvalue weighted by Crippen LogP contribution is 2.36. The molecule has 2 aromatic rings. The van der Waals surface area contributed by atoms with Crippen LogP contribution in [0, 0.1) is 0 Å². The first-order chi connectivity index (χ1) is 15.9. The summed E-state index contributed by atoms with van der Waals surface area (Å²) >= 11 is 0. The van der Waals surface area contributed by atoms with Gasteiger partial charge in [0.15, 0.2) is 5.82 Å². The number of anilines is 2. The van der Waals surface area contributed by atoms with Gasteiger partial charge in [-0.2, -0.15) is 9.40 Å². The van der Waals surface area contributed by atoms with Gasteiger partial charge in [-0.3, -0.25) is 14.7 Å². The van der Waals surface area contributed by atoms with E-state index in [-0.39, 0.29) is 23.5 Å². The smallest absolute Gasteiger partial charge is 0.257 e. The van der Waals surface area contributed by atoms with Crippen LogP contribution in [0.4, 0.5) is 11.5 Å². The summed E-state index contributed by atoms with van der Waals surface area (Å²) in [5, 5.41) is 9.94. The molecule has 0 spiro atoms. The van der Waals surface area contributed by atoms with Crippen LogP contribution in [0.3, 0.4) is 0 Å². The summed E-state index contributed by atoms with van der Waals surface area (Å²) in [6.07, 6.45) is 1.16. The van der Waals surface area contributed by atoms with Crippen molar-refractivity contribution in [3.8, 4) is 0 Å². The maximum Gasteiger partial charge on any atom is 0.257 e. The topological polar surface area (TPSA) is 145 Å². The predicted octanol–water partition coefficient (Wildman–Crippen LogP) is 0.566. The number of fused-ring (bicyclic) bond motifs is 1. The summed E-state index contributed by atoms with van der Waals surface area (Å²) in [6, 6.07) is 5.05. The van der Waals surface area contributed by atoms with Crippen LogP contribution in [-0.4, -0.2) is 85.7 Å². The second-order valence-corrected chi connectivity index (χ2v) is 11.7. The minimum Gasteiger partial charge on any atom is -0.369 e. The number of H-pyrrole nitrogens is 1. The SMILES string of the molecule is CN1CCN(c2ccc(C(=O)Nc3n[nH]c4c3CN(S(C)(=O)=O)CC4(C)C)c(C(N)=O)c2)CC1. The molecule has 2 aliphatic rings. The highest BCUT2D eigenvalue weighted by Gasteiger charge is 2.39. The van der Waals surface area contributed by atoms with Gasteiger partial charge in [0.25, 0.3) is 5.91 Å². The Kier molecular flexibility index (Phi) is 6.17. The lowest BCUT2D eigenvalue weighted by Crippen LogP contribution is -2.44. The molecule has 2 aliphatic heterocycles. The Morgan fingerprint density at radius 1 is 1.15 bits per heavy atom. The number of likely N-dealkylation sites (N-methyl/N-ethyl adjacent to an activating group) is 1. The Morgan fingerprint density at radius 3 is 2.44 bits per heavy atom. The number of hydrogen-bond acceptors (Lipinski definition) is 7. The highest BCUT2D eigenvalue weighted by molar-refractivity contribution is 7.88. The van der Waals surface area contributed by atoms with Crippen molar-refractivity contribution < 1.29 is 18.0 Å². The van der Waals surface area contributed by atoms with Gasteiger partial charge in [-0.25, -0.2) is 8.42 Å². The fraction of sp³-hybridized carbons (Fsp3) is 0.500. The van der Waals surface area contributed by atoms with E-state index in [4.69, 9.17) is 5.73 Å². The number of sulfonamides is 1.